The highest BCUT2D eigenvalue weighted by Crippen LogP contribution is 2.34. The molecule has 0 aliphatic carbocycles. The van der Waals surface area contributed by atoms with Gasteiger partial charge in [0.25, 0.3) is 0 Å². The fraction of sp³-hybridized carbons (Fsp3) is 0.312. The molecule has 10 heteroatoms. The minimum Gasteiger partial charge on any atom is -0.375 e. The van der Waals surface area contributed by atoms with Gasteiger partial charge in [-0.3, -0.25) is 10.1 Å². The van der Waals surface area contributed by atoms with E-state index in [4.69, 9.17) is 11.6 Å². The van der Waals surface area contributed by atoms with Crippen LogP contribution in [0.25, 0.3) is 0 Å². The first-order valence-electron chi connectivity index (χ1n) is 7.87. The summed E-state index contributed by atoms with van der Waals surface area (Å²) in [7, 11) is -3.71. The molecule has 138 valence electrons. The van der Waals surface area contributed by atoms with E-state index in [9.17, 15) is 18.5 Å². The number of sulfone groups is 1. The molecule has 1 unspecified atom stereocenters. The van der Waals surface area contributed by atoms with Gasteiger partial charge in [0.05, 0.1) is 9.95 Å². The molecular weight excluding hydrogens is 380 g/mol. The lowest BCUT2D eigenvalue weighted by Crippen LogP contribution is -2.27. The molecule has 3 rings (SSSR count). The molecule has 1 atom stereocenters. The van der Waals surface area contributed by atoms with Gasteiger partial charge in [0.15, 0.2) is 9.84 Å². The van der Waals surface area contributed by atoms with Crippen LogP contribution in [0.5, 0.6) is 0 Å². The molecule has 2 heterocycles. The van der Waals surface area contributed by atoms with Crippen LogP contribution in [0, 0.1) is 10.1 Å². The van der Waals surface area contributed by atoms with Gasteiger partial charge in [0, 0.05) is 31.6 Å². The van der Waals surface area contributed by atoms with Gasteiger partial charge >= 0.3 is 5.69 Å². The topological polar surface area (TPSA) is 105 Å². The van der Waals surface area contributed by atoms with E-state index in [1.54, 1.807) is 18.3 Å². The molecule has 8 nitrogen and oxygen atoms in total. The molecule has 1 aliphatic rings. The Bertz CT molecular complexity index is 951. The number of nitro groups is 1. The van der Waals surface area contributed by atoms with Gasteiger partial charge in [0.1, 0.15) is 16.4 Å². The Balaban J connectivity index is 1.85. The highest BCUT2D eigenvalue weighted by molar-refractivity contribution is 7.90. The Morgan fingerprint density at radius 2 is 2.12 bits per heavy atom. The van der Waals surface area contributed by atoms with Gasteiger partial charge in [-0.05, 0) is 30.7 Å². The molecule has 0 saturated carbocycles. The Hall–Kier alpha value is -2.39. The molecular formula is C16H17ClN4O4S. The summed E-state index contributed by atoms with van der Waals surface area (Å²) in [5, 5.41) is 15.1. The van der Waals surface area contributed by atoms with Crippen LogP contribution in [0.4, 0.5) is 17.2 Å². The number of para-hydroxylation sites is 1. The van der Waals surface area contributed by atoms with Gasteiger partial charge in [-0.2, -0.15) is 0 Å². The van der Waals surface area contributed by atoms with Crippen molar-refractivity contribution < 1.29 is 13.3 Å². The molecule has 2 aromatic rings. The average molecular weight is 397 g/mol. The molecule has 0 amide bonds. The van der Waals surface area contributed by atoms with Crippen molar-refractivity contribution >= 4 is 38.6 Å². The lowest BCUT2D eigenvalue weighted by atomic mass is 10.2. The zero-order valence-electron chi connectivity index (χ0n) is 13.9. The Kier molecular flexibility index (Phi) is 5.01. The standard InChI is InChI=1S/C16H17ClN4O4S/c1-26(24,25)14-6-2-5-13(15(14)21(22)23)19-11-7-9-20(10-11)16-12(17)4-3-8-18-16/h2-6,8,11,19H,7,9-10H2,1H3. The van der Waals surface area contributed by atoms with E-state index in [0.717, 1.165) is 6.26 Å². The third kappa shape index (κ3) is 3.73. The zero-order valence-corrected chi connectivity index (χ0v) is 15.5. The normalized spacial score (nSPS) is 17.3. The third-order valence-corrected chi connectivity index (χ3v) is 5.59. The van der Waals surface area contributed by atoms with E-state index in [1.165, 1.54) is 18.2 Å². The second-order valence-electron chi connectivity index (χ2n) is 6.07. The van der Waals surface area contributed by atoms with Gasteiger partial charge in [0.2, 0.25) is 0 Å². The maximum atomic E-state index is 11.9. The predicted octanol–water partition coefficient (Wildman–Crippen LogP) is 2.74. The molecule has 1 fully saturated rings. The number of rotatable bonds is 5. The average Bonchev–Trinajstić information content (AvgIpc) is 3.02. The summed E-state index contributed by atoms with van der Waals surface area (Å²) in [4.78, 5) is 16.8. The number of aromatic nitrogens is 1. The minimum atomic E-state index is -3.71. The molecule has 1 aromatic carbocycles. The monoisotopic (exact) mass is 396 g/mol. The molecule has 0 spiro atoms. The van der Waals surface area contributed by atoms with Crippen LogP contribution >= 0.6 is 11.6 Å². The first-order chi connectivity index (χ1) is 12.3. The fourth-order valence-electron chi connectivity index (χ4n) is 3.03. The lowest BCUT2D eigenvalue weighted by molar-refractivity contribution is -0.386. The summed E-state index contributed by atoms with van der Waals surface area (Å²) in [6, 6.07) is 7.66. The van der Waals surface area contributed by atoms with Crippen molar-refractivity contribution in [2.75, 3.05) is 29.6 Å². The summed E-state index contributed by atoms with van der Waals surface area (Å²) < 4.78 is 23.7. The molecule has 1 aromatic heterocycles. The molecule has 0 bridgehead atoms. The van der Waals surface area contributed by atoms with Crippen LogP contribution in [-0.4, -0.2) is 43.7 Å². The van der Waals surface area contributed by atoms with Gasteiger partial charge in [-0.1, -0.05) is 17.7 Å². The van der Waals surface area contributed by atoms with E-state index in [2.05, 4.69) is 10.3 Å². The van der Waals surface area contributed by atoms with Gasteiger partial charge in [-0.25, -0.2) is 13.4 Å². The van der Waals surface area contributed by atoms with Crippen LogP contribution < -0.4 is 10.2 Å². The molecule has 1 N–H and O–H groups in total. The van der Waals surface area contributed by atoms with Crippen molar-refractivity contribution in [1.29, 1.82) is 0 Å². The second-order valence-corrected chi connectivity index (χ2v) is 8.46. The summed E-state index contributed by atoms with van der Waals surface area (Å²) in [5.74, 6) is 0.665. The van der Waals surface area contributed by atoms with Crippen LogP contribution in [-0.2, 0) is 9.84 Å². The van der Waals surface area contributed by atoms with E-state index in [0.29, 0.717) is 30.4 Å². The maximum Gasteiger partial charge on any atom is 0.310 e. The van der Waals surface area contributed by atoms with Crippen molar-refractivity contribution in [2.45, 2.75) is 17.4 Å². The van der Waals surface area contributed by atoms with Crippen LogP contribution in [0.3, 0.4) is 0 Å². The number of nitro benzene ring substituents is 1. The Morgan fingerprint density at radius 1 is 1.35 bits per heavy atom. The molecule has 1 aliphatic heterocycles. The van der Waals surface area contributed by atoms with Crippen molar-refractivity contribution in [1.82, 2.24) is 4.98 Å². The van der Waals surface area contributed by atoms with E-state index in [1.807, 2.05) is 4.90 Å². The SMILES string of the molecule is CS(=O)(=O)c1cccc(NC2CCN(c3ncccc3Cl)C2)c1[N+](=O)[O-]. The maximum absolute atomic E-state index is 11.9. The van der Waals surface area contributed by atoms with Crippen molar-refractivity contribution in [3.63, 3.8) is 0 Å². The lowest BCUT2D eigenvalue weighted by Gasteiger charge is -2.19. The number of halogens is 1. The van der Waals surface area contributed by atoms with Crippen molar-refractivity contribution in [3.05, 3.63) is 51.7 Å². The van der Waals surface area contributed by atoms with Gasteiger partial charge in [-0.15, -0.1) is 0 Å². The summed E-state index contributed by atoms with van der Waals surface area (Å²) in [6.45, 7) is 1.24. The second kappa shape index (κ2) is 7.08. The van der Waals surface area contributed by atoms with E-state index in [-0.39, 0.29) is 16.6 Å². The summed E-state index contributed by atoms with van der Waals surface area (Å²) in [5.41, 5.74) is -0.235. The highest BCUT2D eigenvalue weighted by Gasteiger charge is 2.30. The number of nitrogens with one attached hydrogen (secondary N) is 1. The Morgan fingerprint density at radius 3 is 2.77 bits per heavy atom. The quantitative estimate of drug-likeness (QED) is 0.611. The number of pyridine rings is 1. The minimum absolute atomic E-state index is 0.0958. The number of nitrogens with zero attached hydrogens (tertiary/aromatic N) is 3. The third-order valence-electron chi connectivity index (χ3n) is 4.17. The van der Waals surface area contributed by atoms with Gasteiger partial charge < -0.3 is 10.2 Å². The predicted molar refractivity (Wildman–Crippen MR) is 99.7 cm³/mol. The number of anilines is 2. The Labute approximate surface area is 155 Å². The fourth-order valence-corrected chi connectivity index (χ4v) is 4.13. The summed E-state index contributed by atoms with van der Waals surface area (Å²) in [6.07, 6.45) is 3.33. The first-order valence-corrected chi connectivity index (χ1v) is 10.1. The molecule has 26 heavy (non-hydrogen) atoms. The molecule has 1 saturated heterocycles. The smallest absolute Gasteiger partial charge is 0.310 e. The largest absolute Gasteiger partial charge is 0.375 e. The first kappa shape index (κ1) is 18.4. The van der Waals surface area contributed by atoms with Crippen LogP contribution in [0.15, 0.2) is 41.4 Å². The van der Waals surface area contributed by atoms with Crippen LogP contribution in [0.1, 0.15) is 6.42 Å². The van der Waals surface area contributed by atoms with Crippen LogP contribution in [0.2, 0.25) is 5.02 Å². The highest BCUT2D eigenvalue weighted by atomic mass is 35.5. The van der Waals surface area contributed by atoms with Crippen molar-refractivity contribution in [2.24, 2.45) is 0 Å². The van der Waals surface area contributed by atoms with E-state index < -0.39 is 20.4 Å². The summed E-state index contributed by atoms with van der Waals surface area (Å²) >= 11 is 6.17. The van der Waals surface area contributed by atoms with E-state index >= 15 is 0 Å². The number of hydrogen-bond donors (Lipinski definition) is 1. The van der Waals surface area contributed by atoms with Crippen molar-refractivity contribution in [3.8, 4) is 0 Å². The number of benzene rings is 1. The zero-order chi connectivity index (χ0) is 18.9. The molecule has 0 radical (unpaired) electrons. The number of hydrogen-bond acceptors (Lipinski definition) is 7.